The lowest BCUT2D eigenvalue weighted by atomic mass is 10.0. The SMILES string of the molecule is O=C(Nc1c(Cl)cncc1Cl)c1ccc(C[C@H](Nc2c(NCc3ccc(-c4csnn4)cc3)c(=O)c2=O)C(=O)O)cc1. The summed E-state index contributed by atoms with van der Waals surface area (Å²) in [7, 11) is 0. The van der Waals surface area contributed by atoms with Crippen LogP contribution < -0.4 is 26.8 Å². The van der Waals surface area contributed by atoms with E-state index in [0.717, 1.165) is 16.8 Å². The second-order valence-corrected chi connectivity index (χ2v) is 10.5. The van der Waals surface area contributed by atoms with Crippen molar-refractivity contribution < 1.29 is 14.7 Å². The molecule has 0 saturated carbocycles. The molecule has 0 spiro atoms. The van der Waals surface area contributed by atoms with Gasteiger partial charge in [0.2, 0.25) is 0 Å². The molecule has 42 heavy (non-hydrogen) atoms. The van der Waals surface area contributed by atoms with Crippen molar-refractivity contribution in [2.45, 2.75) is 19.0 Å². The first-order chi connectivity index (χ1) is 20.2. The number of carboxylic acids is 1. The van der Waals surface area contributed by atoms with Gasteiger partial charge in [0.25, 0.3) is 16.8 Å². The van der Waals surface area contributed by atoms with Crippen molar-refractivity contribution >= 4 is 63.7 Å². The van der Waals surface area contributed by atoms with Gasteiger partial charge in [-0.3, -0.25) is 19.4 Å². The molecular formula is C28H20Cl2N6O5S. The highest BCUT2D eigenvalue weighted by Crippen LogP contribution is 2.29. The third-order valence-electron chi connectivity index (χ3n) is 6.35. The lowest BCUT2D eigenvalue weighted by Gasteiger charge is -2.20. The van der Waals surface area contributed by atoms with Gasteiger partial charge in [-0.15, -0.1) is 5.10 Å². The molecule has 11 nitrogen and oxygen atoms in total. The topological polar surface area (TPSA) is 163 Å². The number of carbonyl (C=O) groups excluding carboxylic acids is 1. The van der Waals surface area contributed by atoms with Gasteiger partial charge in [0.1, 0.15) is 23.1 Å². The molecule has 1 atom stereocenters. The van der Waals surface area contributed by atoms with E-state index >= 15 is 0 Å². The Morgan fingerprint density at radius 3 is 2.14 bits per heavy atom. The summed E-state index contributed by atoms with van der Waals surface area (Å²) in [4.78, 5) is 53.1. The third-order valence-corrected chi connectivity index (χ3v) is 7.43. The first-order valence-corrected chi connectivity index (χ1v) is 13.9. The van der Waals surface area contributed by atoms with Crippen LogP contribution in [-0.4, -0.2) is 37.6 Å². The monoisotopic (exact) mass is 622 g/mol. The number of nitrogens with one attached hydrogen (secondary N) is 3. The van der Waals surface area contributed by atoms with Crippen LogP contribution in [0.4, 0.5) is 17.1 Å². The van der Waals surface area contributed by atoms with Crippen molar-refractivity contribution in [2.24, 2.45) is 0 Å². The number of hydrogen-bond acceptors (Lipinski definition) is 10. The molecule has 212 valence electrons. The Morgan fingerprint density at radius 1 is 0.881 bits per heavy atom. The average molecular weight is 623 g/mol. The summed E-state index contributed by atoms with van der Waals surface area (Å²) in [6.07, 6.45) is 2.67. The van der Waals surface area contributed by atoms with Crippen LogP contribution in [0, 0.1) is 0 Å². The van der Waals surface area contributed by atoms with E-state index in [1.165, 1.54) is 36.1 Å². The van der Waals surface area contributed by atoms with Gasteiger partial charge in [-0.25, -0.2) is 4.79 Å². The summed E-state index contributed by atoms with van der Waals surface area (Å²) in [5.74, 6) is -1.69. The molecule has 0 saturated heterocycles. The maximum absolute atomic E-state index is 12.6. The maximum atomic E-state index is 12.6. The number of rotatable bonds is 11. The van der Waals surface area contributed by atoms with Crippen molar-refractivity contribution in [3.8, 4) is 11.3 Å². The normalized spacial score (nSPS) is 11.7. The van der Waals surface area contributed by atoms with Crippen LogP contribution >= 0.6 is 34.7 Å². The number of benzene rings is 2. The Bertz CT molecular complexity index is 1800. The van der Waals surface area contributed by atoms with Crippen LogP contribution in [0.2, 0.25) is 10.0 Å². The highest BCUT2D eigenvalue weighted by molar-refractivity contribution is 7.03. The third kappa shape index (κ3) is 6.30. The highest BCUT2D eigenvalue weighted by atomic mass is 35.5. The highest BCUT2D eigenvalue weighted by Gasteiger charge is 2.27. The molecule has 5 aromatic rings. The van der Waals surface area contributed by atoms with Gasteiger partial charge in [0.15, 0.2) is 0 Å². The molecule has 4 N–H and O–H groups in total. The zero-order valence-corrected chi connectivity index (χ0v) is 23.8. The van der Waals surface area contributed by atoms with E-state index in [9.17, 15) is 24.3 Å². The van der Waals surface area contributed by atoms with Gasteiger partial charge in [0, 0.05) is 41.9 Å². The van der Waals surface area contributed by atoms with Crippen molar-refractivity contribution in [1.29, 1.82) is 0 Å². The molecule has 2 aromatic heterocycles. The molecule has 0 fully saturated rings. The van der Waals surface area contributed by atoms with Crippen molar-refractivity contribution in [3.05, 3.63) is 113 Å². The number of halogens is 2. The molecule has 0 aliphatic rings. The Hall–Kier alpha value is -4.65. The summed E-state index contributed by atoms with van der Waals surface area (Å²) in [5.41, 5.74) is 2.00. The zero-order chi connectivity index (χ0) is 29.8. The second kappa shape index (κ2) is 12.5. The summed E-state index contributed by atoms with van der Waals surface area (Å²) >= 11 is 13.4. The van der Waals surface area contributed by atoms with Crippen molar-refractivity contribution in [3.63, 3.8) is 0 Å². The van der Waals surface area contributed by atoms with Crippen LogP contribution in [0.25, 0.3) is 11.3 Å². The predicted octanol–water partition coefficient (Wildman–Crippen LogP) is 4.48. The number of anilines is 3. The predicted molar refractivity (Wildman–Crippen MR) is 161 cm³/mol. The Labute approximate surface area is 252 Å². The Morgan fingerprint density at radius 2 is 1.52 bits per heavy atom. The number of amides is 1. The molecule has 0 unspecified atom stereocenters. The molecule has 5 rings (SSSR count). The van der Waals surface area contributed by atoms with Crippen LogP contribution in [0.15, 0.2) is 75.9 Å². The van der Waals surface area contributed by atoms with Gasteiger partial charge in [-0.2, -0.15) is 0 Å². The fourth-order valence-electron chi connectivity index (χ4n) is 4.09. The number of aromatic nitrogens is 3. The standard InChI is InChI=1S/C28H20Cl2N6O5S/c29-18-11-31-12-19(30)22(18)34-27(39)17-7-1-14(2-8-17)9-20(28(40)41)33-24-23(25(37)26(24)38)32-10-15-3-5-16(6-4-15)21-13-42-36-35-21/h1-8,11-13,20,32-33H,9-10H2,(H,40,41)(H,31,34,39)/t20-/m0/s1. The molecule has 3 aromatic carbocycles. The van der Waals surface area contributed by atoms with Crippen molar-refractivity contribution in [2.75, 3.05) is 16.0 Å². The van der Waals surface area contributed by atoms with Crippen molar-refractivity contribution in [1.82, 2.24) is 14.6 Å². The quantitative estimate of drug-likeness (QED) is 0.154. The van der Waals surface area contributed by atoms with Gasteiger partial charge in [0.05, 0.1) is 15.7 Å². The molecular weight excluding hydrogens is 603 g/mol. The Kier molecular flexibility index (Phi) is 8.57. The number of nitrogens with zero attached hydrogens (tertiary/aromatic N) is 3. The maximum Gasteiger partial charge on any atom is 0.326 e. The largest absolute Gasteiger partial charge is 0.480 e. The van der Waals surface area contributed by atoms with E-state index in [2.05, 4.69) is 30.5 Å². The van der Waals surface area contributed by atoms with Gasteiger partial charge in [-0.05, 0) is 34.8 Å². The van der Waals surface area contributed by atoms with E-state index in [1.54, 1.807) is 12.1 Å². The fraction of sp³-hybridized carbons (Fsp3) is 0.107. The van der Waals surface area contributed by atoms with Crippen LogP contribution in [0.3, 0.4) is 0 Å². The van der Waals surface area contributed by atoms with Crippen LogP contribution in [0.5, 0.6) is 0 Å². The van der Waals surface area contributed by atoms with Gasteiger partial charge < -0.3 is 21.1 Å². The second-order valence-electron chi connectivity index (χ2n) is 9.12. The summed E-state index contributed by atoms with van der Waals surface area (Å²) < 4.78 is 3.84. The minimum Gasteiger partial charge on any atom is -0.480 e. The average Bonchev–Trinajstić information content (AvgIpc) is 3.53. The molecule has 0 bridgehead atoms. The number of carbonyl (C=O) groups is 2. The van der Waals surface area contributed by atoms with E-state index in [-0.39, 0.29) is 45.6 Å². The van der Waals surface area contributed by atoms with E-state index in [0.29, 0.717) is 5.56 Å². The molecule has 0 aliphatic carbocycles. The van der Waals surface area contributed by atoms with Gasteiger partial charge >= 0.3 is 5.97 Å². The lowest BCUT2D eigenvalue weighted by Crippen LogP contribution is -2.42. The molecule has 0 aliphatic heterocycles. The smallest absolute Gasteiger partial charge is 0.326 e. The zero-order valence-electron chi connectivity index (χ0n) is 21.4. The minimum atomic E-state index is -1.22. The summed E-state index contributed by atoms with van der Waals surface area (Å²) in [6.45, 7) is 0.242. The molecule has 0 radical (unpaired) electrons. The lowest BCUT2D eigenvalue weighted by molar-refractivity contribution is -0.137. The van der Waals surface area contributed by atoms with E-state index in [4.69, 9.17) is 23.2 Å². The molecule has 2 heterocycles. The number of hydrogen-bond donors (Lipinski definition) is 4. The minimum absolute atomic E-state index is 0.0234. The van der Waals surface area contributed by atoms with E-state index < -0.39 is 28.8 Å². The van der Waals surface area contributed by atoms with Crippen LogP contribution in [-0.2, 0) is 17.8 Å². The number of carboxylic acid groups (broad SMARTS) is 1. The summed E-state index contributed by atoms with van der Waals surface area (Å²) in [5, 5.41) is 24.3. The first-order valence-electron chi connectivity index (χ1n) is 12.3. The molecule has 14 heteroatoms. The summed E-state index contributed by atoms with van der Waals surface area (Å²) in [6, 6.07) is 12.5. The van der Waals surface area contributed by atoms with Crippen LogP contribution in [0.1, 0.15) is 21.5 Å². The van der Waals surface area contributed by atoms with E-state index in [1.807, 2.05) is 29.6 Å². The van der Waals surface area contributed by atoms with Gasteiger partial charge in [-0.1, -0.05) is 64.1 Å². The molecule has 1 amide bonds. The number of pyridine rings is 1. The Balaban J connectivity index is 1.22. The fourth-order valence-corrected chi connectivity index (χ4v) is 5.02. The number of aliphatic carboxylic acids is 1. The first kappa shape index (κ1) is 28.9.